The van der Waals surface area contributed by atoms with Crippen LogP contribution in [0, 0.1) is 0 Å². The van der Waals surface area contributed by atoms with Crippen molar-refractivity contribution in [2.24, 2.45) is 0 Å². The molecule has 0 radical (unpaired) electrons. The predicted molar refractivity (Wildman–Crippen MR) is 85.0 cm³/mol. The molecule has 0 aliphatic carbocycles. The molecular weight excluding hydrogens is 310 g/mol. The predicted octanol–water partition coefficient (Wildman–Crippen LogP) is 0.166. The van der Waals surface area contributed by atoms with Gasteiger partial charge >= 0.3 is 0 Å². The van der Waals surface area contributed by atoms with Gasteiger partial charge < -0.3 is 15.4 Å². The minimum Gasteiger partial charge on any atom is -0.497 e. The topological polar surface area (TPSA) is 98.1 Å². The molecule has 2 amide bonds. The van der Waals surface area contributed by atoms with E-state index in [2.05, 4.69) is 20.9 Å². The first-order chi connectivity index (χ1) is 11.7. The number of ether oxygens (including phenoxy) is 1. The van der Waals surface area contributed by atoms with Crippen LogP contribution >= 0.6 is 0 Å². The quantitative estimate of drug-likeness (QED) is 0.787. The van der Waals surface area contributed by atoms with Crippen molar-refractivity contribution in [3.63, 3.8) is 0 Å². The first-order valence-corrected chi connectivity index (χ1v) is 7.73. The third-order valence-corrected chi connectivity index (χ3v) is 3.92. The fraction of sp³-hybridized carbons (Fsp3) is 0.375. The third-order valence-electron chi connectivity index (χ3n) is 3.92. The highest BCUT2D eigenvalue weighted by molar-refractivity contribution is 5.77. The molecule has 1 aromatic carbocycles. The van der Waals surface area contributed by atoms with Gasteiger partial charge in [0, 0.05) is 6.42 Å². The molecule has 0 bridgehead atoms. The van der Waals surface area contributed by atoms with Crippen LogP contribution in [0.3, 0.4) is 0 Å². The number of carbonyl (C=O) groups excluding carboxylic acids is 2. The summed E-state index contributed by atoms with van der Waals surface area (Å²) in [4.78, 5) is 23.3. The Morgan fingerprint density at radius 1 is 1.38 bits per heavy atom. The number of carbonyl (C=O) groups is 2. The van der Waals surface area contributed by atoms with Crippen LogP contribution in [0.4, 0.5) is 0 Å². The minimum atomic E-state index is -0.0810. The molecule has 2 N–H and O–H groups in total. The summed E-state index contributed by atoms with van der Waals surface area (Å²) < 4.78 is 6.67. The highest BCUT2D eigenvalue weighted by Crippen LogP contribution is 2.13. The van der Waals surface area contributed by atoms with Crippen LogP contribution in [0.5, 0.6) is 5.75 Å². The van der Waals surface area contributed by atoms with E-state index in [0.717, 1.165) is 17.0 Å². The van der Waals surface area contributed by atoms with Crippen LogP contribution in [0.15, 0.2) is 24.3 Å². The number of nitrogens with zero attached hydrogens (tertiary/aromatic N) is 3. The first kappa shape index (κ1) is 16.0. The summed E-state index contributed by atoms with van der Waals surface area (Å²) >= 11 is 0. The molecule has 0 unspecified atom stereocenters. The van der Waals surface area contributed by atoms with E-state index < -0.39 is 0 Å². The second-order valence-electron chi connectivity index (χ2n) is 5.54. The summed E-state index contributed by atoms with van der Waals surface area (Å²) in [6.45, 7) is 0.878. The third kappa shape index (κ3) is 3.70. The Labute approximate surface area is 139 Å². The Balaban J connectivity index is 1.48. The fourth-order valence-electron chi connectivity index (χ4n) is 2.52. The lowest BCUT2D eigenvalue weighted by Gasteiger charge is -2.14. The first-order valence-electron chi connectivity index (χ1n) is 7.73. The zero-order valence-corrected chi connectivity index (χ0v) is 13.4. The summed E-state index contributed by atoms with van der Waals surface area (Å²) in [5.41, 5.74) is 2.60. The van der Waals surface area contributed by atoms with Crippen molar-refractivity contribution in [3.8, 4) is 5.75 Å². The average molecular weight is 329 g/mol. The van der Waals surface area contributed by atoms with Crippen LogP contribution in [0.1, 0.15) is 23.4 Å². The Hall–Kier alpha value is -2.90. The molecule has 3 rings (SSSR count). The highest BCUT2D eigenvalue weighted by atomic mass is 16.5. The lowest BCUT2D eigenvalue weighted by molar-refractivity contribution is -0.123. The second kappa shape index (κ2) is 7.12. The van der Waals surface area contributed by atoms with Gasteiger partial charge in [0.15, 0.2) is 0 Å². The molecule has 1 aromatic heterocycles. The molecular formula is C16H19N5O3. The van der Waals surface area contributed by atoms with Crippen molar-refractivity contribution < 1.29 is 14.3 Å². The zero-order valence-electron chi connectivity index (χ0n) is 13.4. The lowest BCUT2D eigenvalue weighted by atomic mass is 10.1. The summed E-state index contributed by atoms with van der Waals surface area (Å²) in [5, 5.41) is 13.6. The molecule has 2 heterocycles. The van der Waals surface area contributed by atoms with Gasteiger partial charge in [0.05, 0.1) is 25.9 Å². The summed E-state index contributed by atoms with van der Waals surface area (Å²) in [7, 11) is 1.62. The number of fused-ring (bicyclic) bond motifs is 1. The number of amides is 2. The number of nitrogens with one attached hydrogen (secondary N) is 2. The number of aryl methyl sites for hydroxylation is 1. The normalized spacial score (nSPS) is 13.1. The van der Waals surface area contributed by atoms with Crippen molar-refractivity contribution in [2.75, 3.05) is 7.11 Å². The largest absolute Gasteiger partial charge is 0.497 e. The van der Waals surface area contributed by atoms with E-state index in [1.165, 1.54) is 0 Å². The van der Waals surface area contributed by atoms with E-state index in [1.807, 2.05) is 24.3 Å². The molecule has 1 aliphatic rings. The van der Waals surface area contributed by atoms with Gasteiger partial charge in [0.25, 0.3) is 0 Å². The van der Waals surface area contributed by atoms with Gasteiger partial charge in [-0.3, -0.25) is 9.59 Å². The van der Waals surface area contributed by atoms with E-state index in [0.29, 0.717) is 31.6 Å². The molecule has 0 saturated carbocycles. The molecule has 24 heavy (non-hydrogen) atoms. The molecule has 2 aromatic rings. The summed E-state index contributed by atoms with van der Waals surface area (Å²) in [6.07, 6.45) is 1.05. The molecule has 0 atom stereocenters. The fourth-order valence-corrected chi connectivity index (χ4v) is 2.52. The maximum atomic E-state index is 12.0. The van der Waals surface area contributed by atoms with Gasteiger partial charge in [0.2, 0.25) is 11.8 Å². The van der Waals surface area contributed by atoms with Crippen LogP contribution < -0.4 is 15.4 Å². The molecule has 8 heteroatoms. The van der Waals surface area contributed by atoms with E-state index in [-0.39, 0.29) is 18.4 Å². The van der Waals surface area contributed by atoms with Crippen LogP contribution in [-0.2, 0) is 35.6 Å². The Kier molecular flexibility index (Phi) is 4.74. The second-order valence-corrected chi connectivity index (χ2v) is 5.54. The highest BCUT2D eigenvalue weighted by Gasteiger charge is 2.20. The number of aromatic nitrogens is 3. The van der Waals surface area contributed by atoms with Crippen LogP contribution in [0.25, 0.3) is 0 Å². The molecule has 1 aliphatic heterocycles. The lowest BCUT2D eigenvalue weighted by Crippen LogP contribution is -2.35. The Bertz CT molecular complexity index is 739. The van der Waals surface area contributed by atoms with Crippen molar-refractivity contribution in [3.05, 3.63) is 41.2 Å². The molecule has 0 fully saturated rings. The van der Waals surface area contributed by atoms with Gasteiger partial charge in [-0.1, -0.05) is 17.3 Å². The van der Waals surface area contributed by atoms with Crippen molar-refractivity contribution in [1.82, 2.24) is 25.6 Å². The number of methoxy groups -OCH3 is 1. The number of hydrogen-bond donors (Lipinski definition) is 2. The summed E-state index contributed by atoms with van der Waals surface area (Å²) in [5.74, 6) is 0.669. The van der Waals surface area contributed by atoms with Gasteiger partial charge in [-0.25, -0.2) is 4.68 Å². The van der Waals surface area contributed by atoms with Crippen molar-refractivity contribution >= 4 is 11.8 Å². The van der Waals surface area contributed by atoms with Gasteiger partial charge in [0.1, 0.15) is 18.0 Å². The van der Waals surface area contributed by atoms with Gasteiger partial charge in [-0.15, -0.1) is 5.10 Å². The van der Waals surface area contributed by atoms with Crippen molar-refractivity contribution in [2.45, 2.75) is 32.5 Å². The van der Waals surface area contributed by atoms with Crippen LogP contribution in [0.2, 0.25) is 0 Å². The van der Waals surface area contributed by atoms with Gasteiger partial charge in [-0.05, 0) is 24.1 Å². The Morgan fingerprint density at radius 3 is 2.92 bits per heavy atom. The van der Waals surface area contributed by atoms with E-state index in [4.69, 9.17) is 4.74 Å². The van der Waals surface area contributed by atoms with E-state index >= 15 is 0 Å². The molecule has 126 valence electrons. The van der Waals surface area contributed by atoms with E-state index in [1.54, 1.807) is 11.8 Å². The Morgan fingerprint density at radius 2 is 2.17 bits per heavy atom. The zero-order chi connectivity index (χ0) is 16.9. The SMILES string of the molecule is COc1ccc(CCC(=O)NCc2nnn3c2CNC(=O)C3)cc1. The maximum Gasteiger partial charge on any atom is 0.242 e. The molecule has 8 nitrogen and oxygen atoms in total. The summed E-state index contributed by atoms with van der Waals surface area (Å²) in [6, 6.07) is 7.66. The number of rotatable bonds is 6. The standard InChI is InChI=1S/C16H19N5O3/c1-24-12-5-2-11(3-6-12)4-7-15(22)17-8-13-14-9-18-16(23)10-21(14)20-19-13/h2-3,5-6H,4,7-10H2,1H3,(H,17,22)(H,18,23). The monoisotopic (exact) mass is 329 g/mol. The smallest absolute Gasteiger partial charge is 0.242 e. The van der Waals surface area contributed by atoms with E-state index in [9.17, 15) is 9.59 Å². The van der Waals surface area contributed by atoms with Gasteiger partial charge in [-0.2, -0.15) is 0 Å². The average Bonchev–Trinajstić information content (AvgIpc) is 3.00. The number of hydrogen-bond acceptors (Lipinski definition) is 5. The van der Waals surface area contributed by atoms with Crippen molar-refractivity contribution in [1.29, 1.82) is 0 Å². The number of benzene rings is 1. The minimum absolute atomic E-state index is 0.0487. The maximum absolute atomic E-state index is 12.0. The van der Waals surface area contributed by atoms with Crippen LogP contribution in [-0.4, -0.2) is 33.9 Å². The molecule has 0 saturated heterocycles. The molecule has 0 spiro atoms.